The van der Waals surface area contributed by atoms with Crippen LogP contribution in [0.1, 0.15) is 0 Å². The zero-order valence-electron chi connectivity index (χ0n) is 2.08. The Labute approximate surface area is 50.4 Å². The van der Waals surface area contributed by atoms with E-state index >= 15 is 0 Å². The van der Waals surface area contributed by atoms with Crippen molar-refractivity contribution in [2.24, 2.45) is 0 Å². The molecule has 1 atom stereocenters. The minimum atomic E-state index is 0. The van der Waals surface area contributed by atoms with Gasteiger partial charge in [-0.05, 0) is 0 Å². The minimum absolute atomic E-state index is 0. The van der Waals surface area contributed by atoms with Crippen LogP contribution in [0.15, 0.2) is 0 Å². The standard InChI is InChI=1S/Al.H2P.H3Si.Ti.3H/h;1H2;1H3;;;;/q;-1;;+1;;;. The summed E-state index contributed by atoms with van der Waals surface area (Å²) < 4.78 is 0. The third kappa shape index (κ3) is 9.09. The normalized spacial score (nSPS) is 4.25. The van der Waals surface area contributed by atoms with E-state index in [1.54, 1.807) is 0 Å². The van der Waals surface area contributed by atoms with Crippen LogP contribution in [-0.4, -0.2) is 25.5 Å². The van der Waals surface area contributed by atoms with Crippen LogP contribution in [0.5, 0.6) is 0 Å². The summed E-state index contributed by atoms with van der Waals surface area (Å²) in [6.07, 6.45) is 0. The Morgan fingerprint density at radius 1 is 1.75 bits per heavy atom. The van der Waals surface area contributed by atoms with Crippen molar-refractivity contribution >= 4 is 32.7 Å². The number of rotatable bonds is 0. The van der Waals surface area contributed by atoms with Gasteiger partial charge in [0.1, 0.15) is 0 Å². The second kappa shape index (κ2) is 8.86. The maximum absolute atomic E-state index is 2.77. The summed E-state index contributed by atoms with van der Waals surface area (Å²) in [5.74, 6) is 0. The van der Waals surface area contributed by atoms with Gasteiger partial charge in [-0.25, -0.2) is 0 Å². The topological polar surface area (TPSA) is 0 Å². The first-order chi connectivity index (χ1) is 1.41. The summed E-state index contributed by atoms with van der Waals surface area (Å²) in [4.78, 5) is 0. The molecule has 4 heteroatoms. The van der Waals surface area contributed by atoms with Crippen molar-refractivity contribution in [3.8, 4) is 0 Å². The molecule has 0 N–H and O–H groups in total. The summed E-state index contributed by atoms with van der Waals surface area (Å²) in [7, 11) is 4.22. The van der Waals surface area contributed by atoms with Crippen molar-refractivity contribution in [2.45, 2.75) is 0 Å². The fraction of sp³-hybridized carbons (Fsp3) is 0. The summed E-state index contributed by atoms with van der Waals surface area (Å²) in [6.45, 7) is 0. The van der Waals surface area contributed by atoms with Crippen LogP contribution in [0.2, 0.25) is 0 Å². The Hall–Kier alpha value is 1.89. The molecular formula is H8AlPSiTi. The van der Waals surface area contributed by atoms with Crippen molar-refractivity contribution < 1.29 is 17.9 Å². The van der Waals surface area contributed by atoms with Crippen molar-refractivity contribution in [1.29, 1.82) is 0 Å². The molecule has 0 nitrogen and oxygen atoms in total. The molecule has 0 bridgehead atoms. The SMILES string of the molecule is [AlH3].[SiH3][Ti][PH2]. The zero-order valence-corrected chi connectivity index (χ0v) is 6.79. The predicted molar refractivity (Wildman–Crippen MR) is 29.6 cm³/mol. The Morgan fingerprint density at radius 3 is 1.75 bits per heavy atom. The Kier molecular flexibility index (Phi) is 20.6. The third-order valence-electron chi connectivity index (χ3n) is 0. The average Bonchev–Trinajstić information content (AvgIpc) is 0.918. The summed E-state index contributed by atoms with van der Waals surface area (Å²) in [5.41, 5.74) is 0. The Balaban J connectivity index is 0. The van der Waals surface area contributed by atoms with Crippen LogP contribution < -0.4 is 0 Å². The van der Waals surface area contributed by atoms with Gasteiger partial charge in [-0.15, -0.1) is 0 Å². The van der Waals surface area contributed by atoms with E-state index in [-0.39, 0.29) is 17.4 Å². The van der Waals surface area contributed by atoms with Crippen molar-refractivity contribution in [3.05, 3.63) is 0 Å². The van der Waals surface area contributed by atoms with Gasteiger partial charge in [0.15, 0.2) is 17.4 Å². The molecule has 0 saturated heterocycles. The number of hydrogen-bond donors (Lipinski definition) is 0. The average molecular weight is 142 g/mol. The van der Waals surface area contributed by atoms with Crippen LogP contribution in [0.3, 0.4) is 0 Å². The third-order valence-corrected chi connectivity index (χ3v) is 0. The van der Waals surface area contributed by atoms with Gasteiger partial charge in [0.25, 0.3) is 0 Å². The van der Waals surface area contributed by atoms with Gasteiger partial charge in [0.2, 0.25) is 0 Å². The molecule has 24 valence electrons. The van der Waals surface area contributed by atoms with E-state index in [1.807, 2.05) is 0 Å². The molecule has 0 saturated carbocycles. The van der Waals surface area contributed by atoms with E-state index < -0.39 is 0 Å². The van der Waals surface area contributed by atoms with E-state index in [2.05, 4.69) is 7.23 Å². The zero-order chi connectivity index (χ0) is 2.71. The van der Waals surface area contributed by atoms with Crippen LogP contribution in [0.4, 0.5) is 0 Å². The molecule has 0 aromatic heterocycles. The predicted octanol–water partition coefficient (Wildman–Crippen LogP) is -2.04. The maximum atomic E-state index is 2.77. The van der Waals surface area contributed by atoms with Crippen molar-refractivity contribution in [1.82, 2.24) is 0 Å². The summed E-state index contributed by atoms with van der Waals surface area (Å²) >= 11 is 0.556. The van der Waals surface area contributed by atoms with Crippen LogP contribution in [0.25, 0.3) is 0 Å². The molecule has 0 heterocycles. The molecule has 1 unspecified atom stereocenters. The van der Waals surface area contributed by atoms with Crippen LogP contribution in [-0.2, 0) is 17.9 Å². The first-order valence-corrected chi connectivity index (χ1v) is 9.76. The number of hydrogen-bond acceptors (Lipinski definition) is 0. The molecule has 0 aliphatic rings. The molecule has 0 radical (unpaired) electrons. The molecule has 0 amide bonds. The first-order valence-electron chi connectivity index (χ1n) is 0.789. The van der Waals surface area contributed by atoms with E-state index in [0.29, 0.717) is 17.9 Å². The first kappa shape index (κ1) is 9.31. The second-order valence-corrected chi connectivity index (χ2v) is 10.7. The van der Waals surface area contributed by atoms with E-state index in [4.69, 9.17) is 0 Å². The van der Waals surface area contributed by atoms with E-state index in [9.17, 15) is 0 Å². The van der Waals surface area contributed by atoms with Gasteiger partial charge >= 0.3 is 33.2 Å². The van der Waals surface area contributed by atoms with Crippen LogP contribution in [0, 0.1) is 0 Å². The van der Waals surface area contributed by atoms with Crippen LogP contribution >= 0.6 is 7.23 Å². The molecule has 0 aliphatic carbocycles. The second-order valence-electron chi connectivity index (χ2n) is 0.289. The fourth-order valence-corrected chi connectivity index (χ4v) is 0. The Bertz CT molecular complexity index is 8.00. The molecule has 0 aromatic rings. The monoisotopic (exact) mass is 142 g/mol. The van der Waals surface area contributed by atoms with Gasteiger partial charge in [0.05, 0.1) is 0 Å². The summed E-state index contributed by atoms with van der Waals surface area (Å²) in [6, 6.07) is 0. The van der Waals surface area contributed by atoms with Crippen molar-refractivity contribution in [2.75, 3.05) is 0 Å². The molecule has 0 spiro atoms. The van der Waals surface area contributed by atoms with E-state index in [0.717, 1.165) is 0 Å². The molecule has 0 aliphatic heterocycles. The molecule has 4 heavy (non-hydrogen) atoms. The van der Waals surface area contributed by atoms with Crippen molar-refractivity contribution in [3.63, 3.8) is 0 Å². The van der Waals surface area contributed by atoms with Gasteiger partial charge in [0, 0.05) is 0 Å². The molecular weight excluding hydrogens is 134 g/mol. The van der Waals surface area contributed by atoms with E-state index in [1.165, 1.54) is 8.11 Å². The molecule has 0 aromatic carbocycles. The van der Waals surface area contributed by atoms with Gasteiger partial charge in [-0.1, -0.05) is 0 Å². The quantitative estimate of drug-likeness (QED) is 0.270. The molecule has 0 fully saturated rings. The summed E-state index contributed by atoms with van der Waals surface area (Å²) in [5, 5.41) is 0. The molecule has 0 rings (SSSR count). The van der Waals surface area contributed by atoms with Gasteiger partial charge < -0.3 is 0 Å². The van der Waals surface area contributed by atoms with Gasteiger partial charge in [-0.2, -0.15) is 0 Å². The Morgan fingerprint density at radius 2 is 1.75 bits per heavy atom. The fourth-order valence-electron chi connectivity index (χ4n) is 0. The van der Waals surface area contributed by atoms with Gasteiger partial charge in [-0.3, -0.25) is 0 Å².